The van der Waals surface area contributed by atoms with Gasteiger partial charge in [0.1, 0.15) is 6.17 Å². The number of allylic oxidation sites excluding steroid dienone is 1. The predicted molar refractivity (Wildman–Crippen MR) is 106 cm³/mol. The Balaban J connectivity index is 1.50. The fourth-order valence-electron chi connectivity index (χ4n) is 5.91. The average Bonchev–Trinajstić information content (AvgIpc) is 3.12. The third-order valence-electron chi connectivity index (χ3n) is 7.18. The van der Waals surface area contributed by atoms with E-state index in [1.54, 1.807) is 18.2 Å². The molecule has 4 aliphatic rings. The molecular formula is C22H27F3N4O. The Labute approximate surface area is 174 Å². The number of hydrazine groups is 1. The average molecular weight is 420 g/mol. The van der Waals surface area contributed by atoms with Gasteiger partial charge in [-0.1, -0.05) is 24.6 Å². The zero-order valence-electron chi connectivity index (χ0n) is 16.7. The molecule has 30 heavy (non-hydrogen) atoms. The van der Waals surface area contributed by atoms with Crippen LogP contribution in [0.1, 0.15) is 49.1 Å². The van der Waals surface area contributed by atoms with Crippen LogP contribution in [-0.4, -0.2) is 36.2 Å². The van der Waals surface area contributed by atoms with Crippen molar-refractivity contribution in [2.75, 3.05) is 13.1 Å². The van der Waals surface area contributed by atoms with Crippen LogP contribution in [0, 0.1) is 11.8 Å². The van der Waals surface area contributed by atoms with Gasteiger partial charge in [-0.15, -0.1) is 0 Å². The quantitative estimate of drug-likeness (QED) is 0.688. The van der Waals surface area contributed by atoms with Gasteiger partial charge < -0.3 is 10.6 Å². The van der Waals surface area contributed by atoms with Crippen molar-refractivity contribution < 1.29 is 18.0 Å². The molecule has 3 N–H and O–H groups in total. The number of alkyl halides is 3. The summed E-state index contributed by atoms with van der Waals surface area (Å²) in [5.41, 5.74) is 4.36. The number of amides is 1. The lowest BCUT2D eigenvalue weighted by atomic mass is 9.71. The molecule has 1 aliphatic carbocycles. The number of nitrogens with one attached hydrogen (secondary N) is 3. The van der Waals surface area contributed by atoms with Crippen LogP contribution in [0.3, 0.4) is 0 Å². The molecule has 4 unspecified atom stereocenters. The second-order valence-electron chi connectivity index (χ2n) is 8.85. The van der Waals surface area contributed by atoms with Gasteiger partial charge in [-0.05, 0) is 56.3 Å². The molecule has 8 heteroatoms. The van der Waals surface area contributed by atoms with Gasteiger partial charge in [-0.25, -0.2) is 5.43 Å². The Bertz CT molecular complexity index is 849. The van der Waals surface area contributed by atoms with Crippen molar-refractivity contribution in [2.24, 2.45) is 11.8 Å². The second kappa shape index (κ2) is 7.57. The second-order valence-corrected chi connectivity index (χ2v) is 8.85. The number of hydrogen-bond acceptors (Lipinski definition) is 4. The van der Waals surface area contributed by atoms with Gasteiger partial charge in [0.15, 0.2) is 0 Å². The summed E-state index contributed by atoms with van der Waals surface area (Å²) in [5, 5.41) is 8.48. The lowest BCUT2D eigenvalue weighted by molar-refractivity contribution is -0.138. The molecule has 0 aromatic heterocycles. The molecule has 162 valence electrons. The van der Waals surface area contributed by atoms with Gasteiger partial charge in [0.25, 0.3) is 0 Å². The van der Waals surface area contributed by atoms with Crippen LogP contribution in [0.2, 0.25) is 0 Å². The minimum atomic E-state index is -4.38. The zero-order chi connectivity index (χ0) is 20.9. The zero-order valence-corrected chi connectivity index (χ0v) is 16.7. The molecule has 3 heterocycles. The maximum Gasteiger partial charge on any atom is 0.416 e. The Morgan fingerprint density at radius 3 is 2.57 bits per heavy atom. The van der Waals surface area contributed by atoms with Crippen molar-refractivity contribution in [3.8, 4) is 0 Å². The number of carbonyl (C=O) groups excluding carboxylic acids is 1. The number of nitrogens with zero attached hydrogens (tertiary/aromatic N) is 1. The van der Waals surface area contributed by atoms with E-state index in [4.69, 9.17) is 0 Å². The summed E-state index contributed by atoms with van der Waals surface area (Å²) in [7, 11) is 0. The monoisotopic (exact) mass is 420 g/mol. The van der Waals surface area contributed by atoms with Crippen molar-refractivity contribution in [1.82, 2.24) is 21.1 Å². The van der Waals surface area contributed by atoms with Crippen LogP contribution in [0.15, 0.2) is 36.0 Å². The van der Waals surface area contributed by atoms with Gasteiger partial charge in [-0.3, -0.25) is 9.80 Å². The number of halogens is 3. The van der Waals surface area contributed by atoms with Crippen LogP contribution in [-0.2, 0) is 11.0 Å². The van der Waals surface area contributed by atoms with E-state index in [2.05, 4.69) is 21.1 Å². The van der Waals surface area contributed by atoms with E-state index < -0.39 is 11.7 Å². The highest BCUT2D eigenvalue weighted by molar-refractivity contribution is 5.89. The van der Waals surface area contributed by atoms with E-state index in [-0.39, 0.29) is 35.9 Å². The number of fused-ring (bicyclic) bond motifs is 3. The lowest BCUT2D eigenvalue weighted by Crippen LogP contribution is -2.54. The van der Waals surface area contributed by atoms with Gasteiger partial charge in [0, 0.05) is 29.7 Å². The Hall–Kier alpha value is -2.06. The fourth-order valence-corrected chi connectivity index (χ4v) is 5.91. The summed E-state index contributed by atoms with van der Waals surface area (Å²) in [4.78, 5) is 12.6. The van der Waals surface area contributed by atoms with Crippen LogP contribution in [0.5, 0.6) is 0 Å². The normalized spacial score (nSPS) is 32.3. The summed E-state index contributed by atoms with van der Waals surface area (Å²) in [5.74, 6) is -0.206. The molecule has 4 atom stereocenters. The van der Waals surface area contributed by atoms with Gasteiger partial charge in [0.2, 0.25) is 5.91 Å². The maximum atomic E-state index is 13.7. The molecule has 5 nitrogen and oxygen atoms in total. The van der Waals surface area contributed by atoms with Gasteiger partial charge in [-0.2, -0.15) is 13.2 Å². The minimum absolute atomic E-state index is 0.0542. The summed E-state index contributed by atoms with van der Waals surface area (Å²) >= 11 is 0. The summed E-state index contributed by atoms with van der Waals surface area (Å²) in [6, 6.07) is 5.99. The minimum Gasteiger partial charge on any atom is -0.331 e. The molecular weight excluding hydrogens is 393 g/mol. The highest BCUT2D eigenvalue weighted by Gasteiger charge is 2.52. The topological polar surface area (TPSA) is 56.4 Å². The van der Waals surface area contributed by atoms with Crippen molar-refractivity contribution in [3.05, 3.63) is 47.2 Å². The predicted octanol–water partition coefficient (Wildman–Crippen LogP) is 3.12. The molecule has 0 spiro atoms. The largest absolute Gasteiger partial charge is 0.416 e. The summed E-state index contributed by atoms with van der Waals surface area (Å²) in [6.07, 6.45) is 1.36. The van der Waals surface area contributed by atoms with Crippen LogP contribution in [0.25, 0.3) is 0 Å². The smallest absolute Gasteiger partial charge is 0.331 e. The summed E-state index contributed by atoms with van der Waals surface area (Å²) in [6.45, 7) is 1.83. The first-order valence-electron chi connectivity index (χ1n) is 10.9. The van der Waals surface area contributed by atoms with Crippen molar-refractivity contribution in [2.45, 2.75) is 56.4 Å². The molecule has 1 saturated carbocycles. The first kappa shape index (κ1) is 19.9. The molecule has 1 aromatic rings. The molecule has 1 amide bonds. The first-order chi connectivity index (χ1) is 14.4. The number of carbonyl (C=O) groups is 1. The first-order valence-corrected chi connectivity index (χ1v) is 10.9. The molecule has 0 bridgehead atoms. The van der Waals surface area contributed by atoms with Crippen LogP contribution < -0.4 is 16.1 Å². The molecule has 3 aliphatic heterocycles. The number of hydrogen-bond donors (Lipinski definition) is 3. The molecule has 5 rings (SSSR count). The van der Waals surface area contributed by atoms with E-state index in [0.29, 0.717) is 12.0 Å². The van der Waals surface area contributed by atoms with Gasteiger partial charge >= 0.3 is 6.18 Å². The molecule has 1 aromatic carbocycles. The van der Waals surface area contributed by atoms with E-state index >= 15 is 0 Å². The van der Waals surface area contributed by atoms with Crippen LogP contribution in [0.4, 0.5) is 13.2 Å². The number of rotatable bonds is 2. The van der Waals surface area contributed by atoms with E-state index in [0.717, 1.165) is 44.5 Å². The summed E-state index contributed by atoms with van der Waals surface area (Å²) < 4.78 is 41.2. The van der Waals surface area contributed by atoms with E-state index in [9.17, 15) is 18.0 Å². The van der Waals surface area contributed by atoms with E-state index in [1.165, 1.54) is 12.1 Å². The van der Waals surface area contributed by atoms with Crippen molar-refractivity contribution in [3.63, 3.8) is 0 Å². The third kappa shape index (κ3) is 3.39. The van der Waals surface area contributed by atoms with Crippen LogP contribution >= 0.6 is 0 Å². The number of benzene rings is 1. The van der Waals surface area contributed by atoms with Crippen molar-refractivity contribution in [1.29, 1.82) is 0 Å². The number of piperidine rings is 1. The highest BCUT2D eigenvalue weighted by Crippen LogP contribution is 2.48. The fraction of sp³-hybridized carbons (Fsp3) is 0.591. The highest BCUT2D eigenvalue weighted by atomic mass is 19.4. The standard InChI is InChI=1S/C22H27F3N4O/c23-22(24,25)16-6-2-1-4-14(16)15-5-3-7-17-20(15)21-27-19(30)12-18(29(21)28-17)13-8-10-26-11-9-13/h1-2,4,6,12-13,15,17,20-21,26,28H,3,5,7-11H2,(H,27,30). The Morgan fingerprint density at radius 1 is 1.03 bits per heavy atom. The lowest BCUT2D eigenvalue weighted by Gasteiger charge is -2.41. The molecule has 2 saturated heterocycles. The SMILES string of the molecule is O=C1C=C(C2CCNCC2)N2NC3CCCC(c4ccccc4C(F)(F)F)C3C2N1. The van der Waals surface area contributed by atoms with E-state index in [1.807, 2.05) is 0 Å². The third-order valence-corrected chi connectivity index (χ3v) is 7.18. The maximum absolute atomic E-state index is 13.7. The molecule has 3 fully saturated rings. The Morgan fingerprint density at radius 2 is 1.80 bits per heavy atom. The van der Waals surface area contributed by atoms with Gasteiger partial charge in [0.05, 0.1) is 5.56 Å². The molecule has 0 radical (unpaired) electrons. The van der Waals surface area contributed by atoms with Crippen molar-refractivity contribution >= 4 is 5.91 Å². The Kier molecular flexibility index (Phi) is 5.01.